The molecule has 2 atom stereocenters. The number of fused-ring (bicyclic) bond motifs is 1. The van der Waals surface area contributed by atoms with Gasteiger partial charge in [-0.3, -0.25) is 4.79 Å². The molecule has 0 aromatic heterocycles. The van der Waals surface area contributed by atoms with Crippen LogP contribution in [-0.2, 0) is 15.1 Å². The van der Waals surface area contributed by atoms with Gasteiger partial charge in [-0.05, 0) is 19.9 Å². The van der Waals surface area contributed by atoms with E-state index >= 15 is 0 Å². The Morgan fingerprint density at radius 2 is 2.00 bits per heavy atom. The van der Waals surface area contributed by atoms with Crippen LogP contribution >= 0.6 is 0 Å². The lowest BCUT2D eigenvalue weighted by Crippen LogP contribution is -2.32. The number of carbonyl (C=O) groups is 1. The number of carbonyl (C=O) groups excluding carboxylic acids is 1. The number of anilines is 1. The predicted molar refractivity (Wildman–Crippen MR) is 83.7 cm³/mol. The molecule has 108 valence electrons. The molecular weight excluding hydrogens is 250 g/mol. The number of hydrogen-bond donors (Lipinski definition) is 1. The molecule has 3 nitrogen and oxygen atoms in total. The summed E-state index contributed by atoms with van der Waals surface area (Å²) in [5, 5.41) is 2.87. The van der Waals surface area contributed by atoms with Gasteiger partial charge in [-0.25, -0.2) is 0 Å². The van der Waals surface area contributed by atoms with Crippen molar-refractivity contribution in [3.05, 3.63) is 54.6 Å². The first-order valence-corrected chi connectivity index (χ1v) is 6.95. The third-order valence-electron chi connectivity index (χ3n) is 3.05. The summed E-state index contributed by atoms with van der Waals surface area (Å²) < 4.78 is 5.91. The van der Waals surface area contributed by atoms with Gasteiger partial charge in [0.05, 0.1) is 0 Å². The van der Waals surface area contributed by atoms with Crippen LogP contribution < -0.4 is 5.32 Å². The fourth-order valence-corrected chi connectivity index (χ4v) is 2.21. The fourth-order valence-electron chi connectivity index (χ4n) is 2.21. The van der Waals surface area contributed by atoms with Crippen LogP contribution in [0, 0.1) is 0 Å². The van der Waals surface area contributed by atoms with Crippen LogP contribution in [0.1, 0.15) is 33.3 Å². The summed E-state index contributed by atoms with van der Waals surface area (Å²) in [6.45, 7) is 11.5. The molecule has 20 heavy (non-hydrogen) atoms. The van der Waals surface area contributed by atoms with E-state index in [-0.39, 0.29) is 5.91 Å². The third kappa shape index (κ3) is 3.17. The molecule has 0 bridgehead atoms. The van der Waals surface area contributed by atoms with Gasteiger partial charge in [-0.1, -0.05) is 56.9 Å². The van der Waals surface area contributed by atoms with E-state index in [0.29, 0.717) is 0 Å². The van der Waals surface area contributed by atoms with Crippen LogP contribution in [-0.4, -0.2) is 12.0 Å². The Balaban J connectivity index is 0.000000956. The lowest BCUT2D eigenvalue weighted by molar-refractivity contribution is -0.130. The molecule has 1 N–H and O–H groups in total. The van der Waals surface area contributed by atoms with Crippen LogP contribution in [0.5, 0.6) is 0 Å². The zero-order valence-corrected chi connectivity index (χ0v) is 12.6. The minimum absolute atomic E-state index is 0.189. The maximum absolute atomic E-state index is 12.0. The summed E-state index contributed by atoms with van der Waals surface area (Å²) in [5.41, 5.74) is 1.09. The van der Waals surface area contributed by atoms with Gasteiger partial charge in [0.15, 0.2) is 6.10 Å². The molecule has 0 fully saturated rings. The zero-order chi connectivity index (χ0) is 15.2. The highest BCUT2D eigenvalue weighted by Gasteiger charge is 2.35. The summed E-state index contributed by atoms with van der Waals surface area (Å²) in [7, 11) is 0. The van der Waals surface area contributed by atoms with E-state index in [1.807, 2.05) is 64.1 Å². The highest BCUT2D eigenvalue weighted by Crippen LogP contribution is 2.36. The molecule has 1 amide bonds. The summed E-state index contributed by atoms with van der Waals surface area (Å²) in [4.78, 5) is 12.0. The smallest absolute Gasteiger partial charge is 0.257 e. The molecule has 2 unspecified atom stereocenters. The molecule has 1 aliphatic rings. The molecule has 1 heterocycles. The fraction of sp³-hybridized carbons (Fsp3) is 0.353. The molecule has 1 aliphatic heterocycles. The minimum atomic E-state index is -0.654. The molecule has 1 aromatic rings. The lowest BCUT2D eigenvalue weighted by atomic mass is 9.93. The average molecular weight is 273 g/mol. The van der Waals surface area contributed by atoms with E-state index in [0.717, 1.165) is 11.3 Å². The lowest BCUT2D eigenvalue weighted by Gasteiger charge is -2.28. The maximum atomic E-state index is 12.0. The van der Waals surface area contributed by atoms with Crippen LogP contribution in [0.25, 0.3) is 0 Å². The number of hydrogen-bond acceptors (Lipinski definition) is 2. The molecule has 0 aliphatic carbocycles. The van der Waals surface area contributed by atoms with Crippen molar-refractivity contribution in [2.75, 3.05) is 5.32 Å². The van der Waals surface area contributed by atoms with Crippen LogP contribution in [0.3, 0.4) is 0 Å². The molecular formula is C17H23NO2. The Hall–Kier alpha value is -1.87. The van der Waals surface area contributed by atoms with Gasteiger partial charge in [0.1, 0.15) is 5.60 Å². The van der Waals surface area contributed by atoms with Crippen molar-refractivity contribution in [2.45, 2.75) is 39.4 Å². The molecule has 3 heteroatoms. The van der Waals surface area contributed by atoms with E-state index in [1.165, 1.54) is 6.08 Å². The van der Waals surface area contributed by atoms with Gasteiger partial charge in [0.2, 0.25) is 0 Å². The highest BCUT2D eigenvalue weighted by molar-refractivity contribution is 5.97. The van der Waals surface area contributed by atoms with Crippen LogP contribution in [0.2, 0.25) is 0 Å². The quantitative estimate of drug-likeness (QED) is 0.826. The van der Waals surface area contributed by atoms with Crippen molar-refractivity contribution in [3.8, 4) is 0 Å². The second-order valence-corrected chi connectivity index (χ2v) is 4.42. The number of nitrogens with one attached hydrogen (secondary N) is 1. The van der Waals surface area contributed by atoms with Gasteiger partial charge in [0.25, 0.3) is 5.91 Å². The van der Waals surface area contributed by atoms with E-state index < -0.39 is 11.7 Å². The van der Waals surface area contributed by atoms with Gasteiger partial charge >= 0.3 is 0 Å². The number of para-hydroxylation sites is 1. The predicted octanol–water partition coefficient (Wildman–Crippen LogP) is 4.03. The summed E-state index contributed by atoms with van der Waals surface area (Å²) >= 11 is 0. The molecule has 1 aromatic carbocycles. The number of ether oxygens (including phenoxy) is 1. The Bertz CT molecular complexity index is 507. The second kappa shape index (κ2) is 7.06. The number of benzene rings is 1. The Morgan fingerprint density at radius 1 is 1.35 bits per heavy atom. The van der Waals surface area contributed by atoms with Crippen molar-refractivity contribution in [1.82, 2.24) is 0 Å². The van der Waals surface area contributed by atoms with Gasteiger partial charge in [-0.15, -0.1) is 0 Å². The normalized spacial score (nSPS) is 25.0. The van der Waals surface area contributed by atoms with E-state index in [4.69, 9.17) is 4.74 Å². The highest BCUT2D eigenvalue weighted by atomic mass is 16.5. The van der Waals surface area contributed by atoms with Gasteiger partial charge < -0.3 is 10.1 Å². The van der Waals surface area contributed by atoms with E-state index in [2.05, 4.69) is 11.9 Å². The first-order chi connectivity index (χ1) is 9.60. The maximum Gasteiger partial charge on any atom is 0.257 e. The molecule has 0 saturated heterocycles. The average Bonchev–Trinajstić information content (AvgIpc) is 2.57. The zero-order valence-electron chi connectivity index (χ0n) is 12.6. The standard InChI is InChI=1S/C15H17NO2.C2H6/c1-4-10-15(3)11-8-6-7-9-12(11)16-14(17)13(5-2)18-15;1-2/h4-10,13H,2H2,1,3H3,(H,16,17);1-2H3/b10-4+;. The summed E-state index contributed by atoms with van der Waals surface area (Å²) in [6.07, 6.45) is 4.73. The largest absolute Gasteiger partial charge is 0.349 e. The molecule has 0 saturated carbocycles. The third-order valence-corrected chi connectivity index (χ3v) is 3.05. The second-order valence-electron chi connectivity index (χ2n) is 4.42. The number of allylic oxidation sites excluding steroid dienone is 1. The topological polar surface area (TPSA) is 38.3 Å². The van der Waals surface area contributed by atoms with Crippen molar-refractivity contribution in [2.24, 2.45) is 0 Å². The first-order valence-electron chi connectivity index (χ1n) is 6.95. The van der Waals surface area contributed by atoms with E-state index in [9.17, 15) is 4.79 Å². The number of amides is 1. The monoisotopic (exact) mass is 273 g/mol. The van der Waals surface area contributed by atoms with Gasteiger partial charge in [-0.2, -0.15) is 0 Å². The van der Waals surface area contributed by atoms with Crippen molar-refractivity contribution in [1.29, 1.82) is 0 Å². The Labute approximate surface area is 121 Å². The molecule has 0 radical (unpaired) electrons. The van der Waals surface area contributed by atoms with E-state index in [1.54, 1.807) is 0 Å². The van der Waals surface area contributed by atoms with Crippen molar-refractivity contribution in [3.63, 3.8) is 0 Å². The summed E-state index contributed by atoms with van der Waals surface area (Å²) in [6, 6.07) is 7.67. The van der Waals surface area contributed by atoms with Crippen molar-refractivity contribution >= 4 is 11.6 Å². The first kappa shape index (κ1) is 16.2. The summed E-state index contributed by atoms with van der Waals surface area (Å²) in [5.74, 6) is -0.189. The number of rotatable bonds is 2. The molecule has 2 rings (SSSR count). The Morgan fingerprint density at radius 3 is 2.60 bits per heavy atom. The van der Waals surface area contributed by atoms with Crippen molar-refractivity contribution < 1.29 is 9.53 Å². The SMILES string of the molecule is C=CC1OC(C)(/C=C/C)c2ccccc2NC1=O.CC. The van der Waals surface area contributed by atoms with Crippen LogP contribution in [0.4, 0.5) is 5.69 Å². The van der Waals surface area contributed by atoms with Crippen LogP contribution in [0.15, 0.2) is 49.1 Å². The Kier molecular flexibility index (Phi) is 5.71. The van der Waals surface area contributed by atoms with Gasteiger partial charge in [0, 0.05) is 11.3 Å². The molecule has 0 spiro atoms. The minimum Gasteiger partial charge on any atom is -0.349 e.